The van der Waals surface area contributed by atoms with Crippen LogP contribution < -0.4 is 9.47 Å². The van der Waals surface area contributed by atoms with Crippen LogP contribution in [0.1, 0.15) is 0 Å². The molecule has 0 bridgehead atoms. The number of carbonyl (C=O) groups is 2. The molecule has 0 aliphatic carbocycles. The van der Waals surface area contributed by atoms with E-state index in [2.05, 4.69) is 9.97 Å². The average Bonchev–Trinajstić information content (AvgIpc) is 2.93. The molecule has 218 valence electrons. The Bertz CT molecular complexity index is 715. The van der Waals surface area contributed by atoms with E-state index in [0.717, 1.165) is 6.33 Å². The SMILES string of the molecule is COC(CN(CC(OC)OC)C(=O)Oc1cc(OC(=O)N(CC(OC)OC)CC(OC)OC)ncn1)OC. The van der Waals surface area contributed by atoms with Gasteiger partial charge in [0.1, 0.15) is 6.33 Å². The average molecular weight is 551 g/mol. The van der Waals surface area contributed by atoms with Crippen molar-refractivity contribution < 1.29 is 57.0 Å². The van der Waals surface area contributed by atoms with Crippen molar-refractivity contribution in [2.45, 2.75) is 25.2 Å². The lowest BCUT2D eigenvalue weighted by Crippen LogP contribution is -2.45. The van der Waals surface area contributed by atoms with Crippen molar-refractivity contribution in [3.63, 3.8) is 0 Å². The maximum atomic E-state index is 12.9. The monoisotopic (exact) mass is 550 g/mol. The summed E-state index contributed by atoms with van der Waals surface area (Å²) >= 11 is 0. The van der Waals surface area contributed by atoms with Gasteiger partial charge in [-0.25, -0.2) is 19.6 Å². The van der Waals surface area contributed by atoms with Crippen LogP contribution in [0.2, 0.25) is 0 Å². The number of rotatable bonds is 18. The van der Waals surface area contributed by atoms with E-state index in [-0.39, 0.29) is 37.9 Å². The first-order chi connectivity index (χ1) is 18.3. The van der Waals surface area contributed by atoms with Crippen molar-refractivity contribution in [3.05, 3.63) is 12.4 Å². The summed E-state index contributed by atoms with van der Waals surface area (Å²) in [6, 6.07) is 1.18. The van der Waals surface area contributed by atoms with E-state index >= 15 is 0 Å². The lowest BCUT2D eigenvalue weighted by atomic mass is 10.4. The highest BCUT2D eigenvalue weighted by Crippen LogP contribution is 2.17. The minimum absolute atomic E-state index is 0.00271. The largest absolute Gasteiger partial charge is 0.416 e. The Hall–Kier alpha value is -2.70. The van der Waals surface area contributed by atoms with Crippen molar-refractivity contribution >= 4 is 12.2 Å². The molecule has 0 aliphatic heterocycles. The molecule has 0 spiro atoms. The van der Waals surface area contributed by atoms with E-state index in [9.17, 15) is 9.59 Å². The molecular formula is C22H38N4O12. The van der Waals surface area contributed by atoms with Crippen molar-refractivity contribution in [2.75, 3.05) is 83.1 Å². The molecule has 0 saturated heterocycles. The molecule has 0 atom stereocenters. The molecule has 1 aromatic rings. The molecule has 16 heteroatoms. The zero-order valence-corrected chi connectivity index (χ0v) is 23.0. The fourth-order valence-electron chi connectivity index (χ4n) is 2.89. The highest BCUT2D eigenvalue weighted by atomic mass is 16.7. The highest BCUT2D eigenvalue weighted by Gasteiger charge is 2.27. The Morgan fingerprint density at radius 3 is 1.08 bits per heavy atom. The summed E-state index contributed by atoms with van der Waals surface area (Å²) in [4.78, 5) is 36.1. The number of nitrogens with zero attached hydrogens (tertiary/aromatic N) is 4. The van der Waals surface area contributed by atoms with Gasteiger partial charge in [0.2, 0.25) is 11.8 Å². The van der Waals surface area contributed by atoms with Gasteiger partial charge in [0, 0.05) is 56.9 Å². The fraction of sp³-hybridized carbons (Fsp3) is 0.727. The molecule has 38 heavy (non-hydrogen) atoms. The summed E-state index contributed by atoms with van der Waals surface area (Å²) in [5.41, 5.74) is 0. The van der Waals surface area contributed by atoms with E-state index in [0.29, 0.717) is 0 Å². The van der Waals surface area contributed by atoms with Crippen LogP contribution in [0.25, 0.3) is 0 Å². The van der Waals surface area contributed by atoms with Gasteiger partial charge in [0.25, 0.3) is 0 Å². The number of hydrogen-bond acceptors (Lipinski definition) is 14. The van der Waals surface area contributed by atoms with Crippen molar-refractivity contribution in [2.24, 2.45) is 0 Å². The van der Waals surface area contributed by atoms with Crippen LogP contribution in [0.4, 0.5) is 9.59 Å². The van der Waals surface area contributed by atoms with E-state index in [1.165, 1.54) is 72.7 Å². The van der Waals surface area contributed by atoms with Gasteiger partial charge in [-0.2, -0.15) is 0 Å². The second-order valence-electron chi connectivity index (χ2n) is 7.34. The Labute approximate surface area is 221 Å². The molecule has 0 N–H and O–H groups in total. The van der Waals surface area contributed by atoms with Gasteiger partial charge in [-0.15, -0.1) is 0 Å². The second kappa shape index (κ2) is 18.5. The minimum atomic E-state index is -0.813. The topological polar surface area (TPSA) is 159 Å². The summed E-state index contributed by atoms with van der Waals surface area (Å²) < 4.78 is 52.1. The van der Waals surface area contributed by atoms with Crippen LogP contribution in [0.5, 0.6) is 11.8 Å². The number of ether oxygens (including phenoxy) is 10. The number of aromatic nitrogens is 2. The summed E-state index contributed by atoms with van der Waals surface area (Å²) in [6.45, 7) is -0.0108. The summed E-state index contributed by atoms with van der Waals surface area (Å²) in [6.07, 6.45) is -3.52. The fourth-order valence-corrected chi connectivity index (χ4v) is 2.89. The second-order valence-corrected chi connectivity index (χ2v) is 7.34. The van der Waals surface area contributed by atoms with Gasteiger partial charge >= 0.3 is 12.2 Å². The number of amides is 2. The van der Waals surface area contributed by atoms with Crippen LogP contribution in [0, 0.1) is 0 Å². The van der Waals surface area contributed by atoms with Crippen LogP contribution >= 0.6 is 0 Å². The zero-order chi connectivity index (χ0) is 28.5. The quantitative estimate of drug-likeness (QED) is 0.233. The predicted molar refractivity (Wildman–Crippen MR) is 128 cm³/mol. The van der Waals surface area contributed by atoms with Crippen LogP contribution in [-0.4, -0.2) is 140 Å². The molecule has 2 amide bonds. The molecule has 0 unspecified atom stereocenters. The molecular weight excluding hydrogens is 512 g/mol. The Balaban J connectivity index is 3.02. The Morgan fingerprint density at radius 1 is 0.579 bits per heavy atom. The molecule has 0 saturated carbocycles. The standard InChI is InChI=1S/C22H38N4O12/c1-29-17(30-2)10-25(11-18(31-3)32-4)21(27)37-15-9-16(24-14-23-15)38-22(28)26(12-19(33-5)34-6)13-20(35-7)36-8/h9,14,17-20H,10-13H2,1-8H3. The lowest BCUT2D eigenvalue weighted by Gasteiger charge is -2.28. The molecule has 0 radical (unpaired) electrons. The van der Waals surface area contributed by atoms with E-state index < -0.39 is 37.3 Å². The molecule has 16 nitrogen and oxygen atoms in total. The molecule has 1 heterocycles. The van der Waals surface area contributed by atoms with Crippen molar-refractivity contribution in [1.82, 2.24) is 19.8 Å². The predicted octanol–water partition coefficient (Wildman–Crippen LogP) is 0.554. The number of hydrogen-bond donors (Lipinski definition) is 0. The smallest absolute Gasteiger partial charge is 0.391 e. The van der Waals surface area contributed by atoms with Crippen LogP contribution in [0.15, 0.2) is 12.4 Å². The molecule has 0 fully saturated rings. The van der Waals surface area contributed by atoms with Crippen molar-refractivity contribution in [1.29, 1.82) is 0 Å². The Kier molecular flexibility index (Phi) is 16.3. The first-order valence-electron chi connectivity index (χ1n) is 11.3. The third-order valence-electron chi connectivity index (χ3n) is 5.10. The number of carbonyl (C=O) groups excluding carboxylic acids is 2. The highest BCUT2D eigenvalue weighted by molar-refractivity contribution is 5.71. The third-order valence-corrected chi connectivity index (χ3v) is 5.10. The summed E-state index contributed by atoms with van der Waals surface area (Å²) in [5.74, 6) is -0.360. The third kappa shape index (κ3) is 11.4. The zero-order valence-electron chi connectivity index (χ0n) is 23.0. The first-order valence-corrected chi connectivity index (χ1v) is 11.3. The molecule has 1 aromatic heterocycles. The maximum absolute atomic E-state index is 12.9. The van der Waals surface area contributed by atoms with Gasteiger partial charge in [0.05, 0.1) is 32.2 Å². The number of methoxy groups -OCH3 is 8. The molecule has 0 aromatic carbocycles. The first kappa shape index (κ1) is 33.3. The minimum Gasteiger partial charge on any atom is -0.391 e. The van der Waals surface area contributed by atoms with E-state index in [1.807, 2.05) is 0 Å². The maximum Gasteiger partial charge on any atom is 0.416 e. The van der Waals surface area contributed by atoms with Gasteiger partial charge in [0.15, 0.2) is 25.2 Å². The molecule has 1 rings (SSSR count). The Morgan fingerprint density at radius 2 is 0.842 bits per heavy atom. The van der Waals surface area contributed by atoms with Crippen LogP contribution in [-0.2, 0) is 37.9 Å². The van der Waals surface area contributed by atoms with Gasteiger partial charge < -0.3 is 47.4 Å². The lowest BCUT2D eigenvalue weighted by molar-refractivity contribution is -0.138. The summed E-state index contributed by atoms with van der Waals surface area (Å²) in [5, 5.41) is 0. The van der Waals surface area contributed by atoms with E-state index in [4.69, 9.17) is 47.4 Å². The summed E-state index contributed by atoms with van der Waals surface area (Å²) in [7, 11) is 11.4. The van der Waals surface area contributed by atoms with Crippen LogP contribution in [0.3, 0.4) is 0 Å². The van der Waals surface area contributed by atoms with Crippen molar-refractivity contribution in [3.8, 4) is 11.8 Å². The molecule has 0 aliphatic rings. The van der Waals surface area contributed by atoms with Gasteiger partial charge in [-0.1, -0.05) is 0 Å². The van der Waals surface area contributed by atoms with E-state index in [1.54, 1.807) is 0 Å². The normalized spacial score (nSPS) is 11.5. The van der Waals surface area contributed by atoms with Gasteiger partial charge in [-0.3, -0.25) is 9.80 Å². The van der Waals surface area contributed by atoms with Gasteiger partial charge in [-0.05, 0) is 0 Å².